The van der Waals surface area contributed by atoms with E-state index in [2.05, 4.69) is 20.8 Å². The fourth-order valence-corrected chi connectivity index (χ4v) is 2.50. The number of amides is 1. The Morgan fingerprint density at radius 2 is 1.88 bits per heavy atom. The molecular formula is C18H20N4O2S. The van der Waals surface area contributed by atoms with E-state index in [1.807, 2.05) is 44.2 Å². The summed E-state index contributed by atoms with van der Waals surface area (Å²) in [5.41, 5.74) is 5.12. The quantitative estimate of drug-likeness (QED) is 0.588. The van der Waals surface area contributed by atoms with E-state index in [4.69, 9.17) is 0 Å². The number of aromatic nitrogens is 1. The van der Waals surface area contributed by atoms with Crippen LogP contribution in [0.5, 0.6) is 0 Å². The molecule has 0 aliphatic heterocycles. The van der Waals surface area contributed by atoms with Crippen molar-refractivity contribution in [2.45, 2.75) is 19.6 Å². The molecule has 0 bridgehead atoms. The molecule has 0 atom stereocenters. The molecule has 2 N–H and O–H groups in total. The van der Waals surface area contributed by atoms with E-state index in [9.17, 15) is 9.59 Å². The molecule has 1 heterocycles. The van der Waals surface area contributed by atoms with Gasteiger partial charge in [-0.2, -0.15) is 5.10 Å². The average Bonchev–Trinajstić information content (AvgIpc) is 2.64. The van der Waals surface area contributed by atoms with Crippen molar-refractivity contribution in [3.63, 3.8) is 0 Å². The van der Waals surface area contributed by atoms with Gasteiger partial charge in [0.05, 0.1) is 12.1 Å². The highest BCUT2D eigenvalue weighted by Crippen LogP contribution is 2.12. The Bertz CT molecular complexity index is 741. The van der Waals surface area contributed by atoms with Crippen LogP contribution in [0.15, 0.2) is 53.8 Å². The van der Waals surface area contributed by atoms with Crippen LogP contribution in [-0.2, 0) is 10.5 Å². The van der Waals surface area contributed by atoms with Crippen LogP contribution in [0.25, 0.3) is 0 Å². The molecule has 2 aromatic rings. The average molecular weight is 356 g/mol. The number of rotatable bonds is 7. The van der Waals surface area contributed by atoms with Gasteiger partial charge in [0, 0.05) is 17.7 Å². The zero-order valence-electron chi connectivity index (χ0n) is 14.2. The van der Waals surface area contributed by atoms with E-state index in [1.165, 1.54) is 18.0 Å². The smallest absolute Gasteiger partial charge is 0.253 e. The summed E-state index contributed by atoms with van der Waals surface area (Å²) < 4.78 is 0. The lowest BCUT2D eigenvalue weighted by Gasteiger charge is -2.05. The third-order valence-electron chi connectivity index (χ3n) is 3.06. The molecule has 0 saturated carbocycles. The first-order valence-corrected chi connectivity index (χ1v) is 8.74. The van der Waals surface area contributed by atoms with Gasteiger partial charge in [-0.15, -0.1) is 0 Å². The van der Waals surface area contributed by atoms with Crippen LogP contribution in [0.1, 0.15) is 29.8 Å². The van der Waals surface area contributed by atoms with Gasteiger partial charge in [-0.05, 0) is 31.5 Å². The molecule has 0 fully saturated rings. The van der Waals surface area contributed by atoms with Gasteiger partial charge in [0.2, 0.25) is 5.12 Å². The van der Waals surface area contributed by atoms with Gasteiger partial charge in [-0.25, -0.2) is 4.98 Å². The molecule has 0 aliphatic carbocycles. The minimum Gasteiger partial charge on any atom is -0.344 e. The number of nitrogens with zero attached hydrogens (tertiary/aromatic N) is 2. The molecule has 1 amide bonds. The number of benzene rings is 1. The molecule has 2 rings (SSSR count). The number of carbonyl (C=O) groups excluding carboxylic acids is 2. The van der Waals surface area contributed by atoms with E-state index in [0.717, 1.165) is 11.3 Å². The highest BCUT2D eigenvalue weighted by molar-refractivity contribution is 8.13. The zero-order chi connectivity index (χ0) is 18.1. The highest BCUT2D eigenvalue weighted by atomic mass is 32.2. The molecule has 0 unspecified atom stereocenters. The second kappa shape index (κ2) is 9.58. The van der Waals surface area contributed by atoms with Crippen molar-refractivity contribution in [2.75, 3.05) is 12.0 Å². The lowest BCUT2D eigenvalue weighted by Crippen LogP contribution is -2.28. The number of nitrogens with one attached hydrogen (secondary N) is 2. The molecule has 25 heavy (non-hydrogen) atoms. The van der Waals surface area contributed by atoms with Gasteiger partial charge in [-0.1, -0.05) is 42.1 Å². The minimum absolute atomic E-state index is 0.0182. The van der Waals surface area contributed by atoms with E-state index < -0.39 is 0 Å². The van der Waals surface area contributed by atoms with E-state index >= 15 is 0 Å². The van der Waals surface area contributed by atoms with Crippen molar-refractivity contribution in [3.8, 4) is 0 Å². The monoisotopic (exact) mass is 356 g/mol. The second-order valence-electron chi connectivity index (χ2n) is 5.43. The first-order valence-electron chi connectivity index (χ1n) is 7.75. The second-order valence-corrected chi connectivity index (χ2v) is 6.46. The topological polar surface area (TPSA) is 83.5 Å². The summed E-state index contributed by atoms with van der Waals surface area (Å²) in [7, 11) is 0. The summed E-state index contributed by atoms with van der Waals surface area (Å²) in [5, 5.41) is 6.55. The fraction of sp³-hybridized carbons (Fsp3) is 0.222. The molecule has 0 aliphatic rings. The Labute approximate surface area is 151 Å². The summed E-state index contributed by atoms with van der Waals surface area (Å²) in [5.74, 6) is 0.810. The maximum Gasteiger partial charge on any atom is 0.253 e. The number of hydrogen-bond donors (Lipinski definition) is 2. The summed E-state index contributed by atoms with van der Waals surface area (Å²) in [6.45, 7) is 3.71. The molecule has 0 saturated heterocycles. The lowest BCUT2D eigenvalue weighted by atomic mass is 10.2. The summed E-state index contributed by atoms with van der Waals surface area (Å²) >= 11 is 1.18. The van der Waals surface area contributed by atoms with E-state index in [-0.39, 0.29) is 17.6 Å². The fourth-order valence-electron chi connectivity index (χ4n) is 1.81. The molecular weight excluding hydrogens is 336 g/mol. The standard InChI is InChI=1S/C18H20N4O2S/c1-13(2)21-22-16-9-8-15(10-19-16)18(24)20-11-17(23)25-12-14-6-4-3-5-7-14/h3-10H,11-12H2,1-2H3,(H,19,22)(H,20,24). The van der Waals surface area contributed by atoms with Crippen LogP contribution >= 0.6 is 11.8 Å². The molecule has 6 nitrogen and oxygen atoms in total. The predicted octanol–water partition coefficient (Wildman–Crippen LogP) is 3.08. The summed E-state index contributed by atoms with van der Waals surface area (Å²) in [6, 6.07) is 13.0. The first-order chi connectivity index (χ1) is 12.0. The number of carbonyl (C=O) groups is 2. The van der Waals surface area contributed by atoms with Crippen LogP contribution in [0.4, 0.5) is 5.82 Å². The van der Waals surface area contributed by atoms with Crippen molar-refractivity contribution in [3.05, 3.63) is 59.8 Å². The number of thioether (sulfide) groups is 1. The van der Waals surface area contributed by atoms with Crippen molar-refractivity contribution in [1.82, 2.24) is 10.3 Å². The molecule has 130 valence electrons. The summed E-state index contributed by atoms with van der Waals surface area (Å²) in [4.78, 5) is 28.0. The first kappa shape index (κ1) is 18.7. The molecule has 0 spiro atoms. The lowest BCUT2D eigenvalue weighted by molar-refractivity contribution is -0.110. The van der Waals surface area contributed by atoms with Crippen LogP contribution in [0, 0.1) is 0 Å². The minimum atomic E-state index is -0.331. The molecule has 1 aromatic heterocycles. The Morgan fingerprint density at radius 3 is 2.52 bits per heavy atom. The Balaban J connectivity index is 1.77. The van der Waals surface area contributed by atoms with Crippen LogP contribution in [0.2, 0.25) is 0 Å². The van der Waals surface area contributed by atoms with Gasteiger partial charge in [-0.3, -0.25) is 15.0 Å². The van der Waals surface area contributed by atoms with Crippen LogP contribution in [0.3, 0.4) is 0 Å². The number of hydrogen-bond acceptors (Lipinski definition) is 6. The number of anilines is 1. The van der Waals surface area contributed by atoms with E-state index in [0.29, 0.717) is 17.1 Å². The Hall–Kier alpha value is -2.67. The predicted molar refractivity (Wildman–Crippen MR) is 102 cm³/mol. The maximum absolute atomic E-state index is 12.0. The Kier molecular flexibility index (Phi) is 7.16. The normalized spacial score (nSPS) is 10.0. The van der Waals surface area contributed by atoms with Crippen LogP contribution < -0.4 is 10.7 Å². The molecule has 0 radical (unpaired) electrons. The largest absolute Gasteiger partial charge is 0.344 e. The van der Waals surface area contributed by atoms with Crippen molar-refractivity contribution in [1.29, 1.82) is 0 Å². The van der Waals surface area contributed by atoms with Crippen LogP contribution in [-0.4, -0.2) is 28.3 Å². The highest BCUT2D eigenvalue weighted by Gasteiger charge is 2.09. The summed E-state index contributed by atoms with van der Waals surface area (Å²) in [6.07, 6.45) is 1.44. The third kappa shape index (κ3) is 6.76. The maximum atomic E-state index is 12.0. The SMILES string of the molecule is CC(C)=NNc1ccc(C(=O)NCC(=O)SCc2ccccc2)cn1. The zero-order valence-corrected chi connectivity index (χ0v) is 15.0. The number of hydrazone groups is 1. The molecule has 7 heteroatoms. The van der Waals surface area contributed by atoms with Gasteiger partial charge in [0.15, 0.2) is 0 Å². The van der Waals surface area contributed by atoms with Gasteiger partial charge in [0.1, 0.15) is 5.82 Å². The Morgan fingerprint density at radius 1 is 1.12 bits per heavy atom. The number of pyridine rings is 1. The molecule has 1 aromatic carbocycles. The van der Waals surface area contributed by atoms with Crippen molar-refractivity contribution >= 4 is 34.3 Å². The van der Waals surface area contributed by atoms with Crippen molar-refractivity contribution < 1.29 is 9.59 Å². The third-order valence-corrected chi connectivity index (χ3v) is 4.00. The van der Waals surface area contributed by atoms with E-state index in [1.54, 1.807) is 12.1 Å². The van der Waals surface area contributed by atoms with Gasteiger partial charge >= 0.3 is 0 Å². The van der Waals surface area contributed by atoms with Crippen molar-refractivity contribution in [2.24, 2.45) is 5.10 Å². The van der Waals surface area contributed by atoms with Gasteiger partial charge < -0.3 is 5.32 Å². The van der Waals surface area contributed by atoms with Gasteiger partial charge in [0.25, 0.3) is 5.91 Å².